The summed E-state index contributed by atoms with van der Waals surface area (Å²) in [6, 6.07) is 4.81. The zero-order chi connectivity index (χ0) is 23.6. The first-order valence-corrected chi connectivity index (χ1v) is 11.5. The largest absolute Gasteiger partial charge is 0.497 e. The lowest BCUT2D eigenvalue weighted by atomic mass is 9.53. The molecule has 0 radical (unpaired) electrons. The van der Waals surface area contributed by atoms with Crippen LogP contribution in [0.3, 0.4) is 0 Å². The fraction of sp³-hybridized carbons (Fsp3) is 0.583. The Morgan fingerprint density at radius 2 is 1.64 bits per heavy atom. The molecule has 4 aliphatic carbocycles. The van der Waals surface area contributed by atoms with Gasteiger partial charge in [-0.15, -0.1) is 0 Å². The van der Waals surface area contributed by atoms with Gasteiger partial charge in [0.15, 0.2) is 0 Å². The van der Waals surface area contributed by atoms with Crippen LogP contribution in [-0.4, -0.2) is 43.2 Å². The number of hydrogen-bond donors (Lipinski definition) is 3. The maximum absolute atomic E-state index is 12.7. The molecule has 4 bridgehead atoms. The summed E-state index contributed by atoms with van der Waals surface area (Å²) in [5, 5.41) is 9.70. The third kappa shape index (κ3) is 5.29. The van der Waals surface area contributed by atoms with Crippen LogP contribution in [0, 0.1) is 17.8 Å². The molecule has 178 valence electrons. The number of amides is 3. The highest BCUT2D eigenvalue weighted by molar-refractivity contribution is 6.39. The Morgan fingerprint density at radius 3 is 2.21 bits per heavy atom. The lowest BCUT2D eigenvalue weighted by Gasteiger charge is -2.56. The second-order valence-electron chi connectivity index (χ2n) is 9.73. The van der Waals surface area contributed by atoms with Crippen molar-refractivity contribution in [3.05, 3.63) is 18.2 Å². The van der Waals surface area contributed by atoms with Crippen LogP contribution in [0.4, 0.5) is 5.69 Å². The van der Waals surface area contributed by atoms with Gasteiger partial charge in [-0.2, -0.15) is 5.10 Å². The Morgan fingerprint density at radius 1 is 1.00 bits per heavy atom. The van der Waals surface area contributed by atoms with Crippen LogP contribution in [0.5, 0.6) is 11.5 Å². The molecule has 1 aromatic rings. The van der Waals surface area contributed by atoms with Crippen LogP contribution < -0.4 is 25.5 Å². The van der Waals surface area contributed by atoms with E-state index in [0.29, 0.717) is 22.9 Å². The number of ether oxygens (including phenoxy) is 2. The number of nitrogens with one attached hydrogen (secondary N) is 3. The van der Waals surface area contributed by atoms with E-state index in [1.807, 2.05) is 0 Å². The first kappa shape index (κ1) is 23.1. The smallest absolute Gasteiger partial charge is 0.329 e. The molecule has 33 heavy (non-hydrogen) atoms. The molecule has 9 heteroatoms. The molecule has 0 saturated heterocycles. The van der Waals surface area contributed by atoms with Crippen LogP contribution >= 0.6 is 0 Å². The predicted octanol–water partition coefficient (Wildman–Crippen LogP) is 2.61. The second-order valence-corrected chi connectivity index (χ2v) is 9.73. The van der Waals surface area contributed by atoms with E-state index in [2.05, 4.69) is 21.2 Å². The maximum Gasteiger partial charge on any atom is 0.329 e. The first-order valence-electron chi connectivity index (χ1n) is 11.5. The third-order valence-electron chi connectivity index (χ3n) is 7.07. The van der Waals surface area contributed by atoms with Gasteiger partial charge in [-0.05, 0) is 75.3 Å². The molecule has 0 unspecified atom stereocenters. The lowest BCUT2D eigenvalue weighted by Crippen LogP contribution is -2.60. The maximum atomic E-state index is 12.7. The average molecular weight is 457 g/mol. The number of hydrazone groups is 1. The topological polar surface area (TPSA) is 118 Å². The highest BCUT2D eigenvalue weighted by Gasteiger charge is 2.51. The highest BCUT2D eigenvalue weighted by atomic mass is 16.5. The van der Waals surface area contributed by atoms with E-state index in [9.17, 15) is 14.4 Å². The highest BCUT2D eigenvalue weighted by Crippen LogP contribution is 2.55. The van der Waals surface area contributed by atoms with E-state index >= 15 is 0 Å². The molecule has 0 aliphatic heterocycles. The van der Waals surface area contributed by atoms with Crippen LogP contribution in [0.25, 0.3) is 0 Å². The van der Waals surface area contributed by atoms with Crippen molar-refractivity contribution in [2.24, 2.45) is 22.9 Å². The monoisotopic (exact) mass is 456 g/mol. The molecule has 0 heterocycles. The third-order valence-corrected chi connectivity index (χ3v) is 7.07. The van der Waals surface area contributed by atoms with Crippen molar-refractivity contribution in [1.82, 2.24) is 10.7 Å². The molecule has 3 amide bonds. The Balaban J connectivity index is 1.27. The molecular formula is C24H32N4O5. The number of anilines is 1. The van der Waals surface area contributed by atoms with E-state index in [1.165, 1.54) is 33.5 Å². The number of carbonyl (C=O) groups excluding carboxylic acids is 3. The Kier molecular flexibility index (Phi) is 6.58. The van der Waals surface area contributed by atoms with Crippen molar-refractivity contribution < 1.29 is 23.9 Å². The average Bonchev–Trinajstić information content (AvgIpc) is 2.76. The summed E-state index contributed by atoms with van der Waals surface area (Å²) < 4.78 is 10.3. The quantitative estimate of drug-likeness (QED) is 0.331. The van der Waals surface area contributed by atoms with Crippen molar-refractivity contribution in [1.29, 1.82) is 0 Å². The summed E-state index contributed by atoms with van der Waals surface area (Å²) in [6.45, 7) is 1.66. The number of benzene rings is 1. The molecule has 4 fully saturated rings. The molecule has 0 atom stereocenters. The summed E-state index contributed by atoms with van der Waals surface area (Å²) >= 11 is 0. The van der Waals surface area contributed by atoms with Crippen LogP contribution in [-0.2, 0) is 14.4 Å². The Hall–Kier alpha value is -3.10. The van der Waals surface area contributed by atoms with Crippen molar-refractivity contribution in [3.63, 3.8) is 0 Å². The Labute approximate surface area is 193 Å². The normalized spacial score (nSPS) is 27.6. The van der Waals surface area contributed by atoms with Gasteiger partial charge in [0, 0.05) is 17.3 Å². The molecule has 0 aromatic heterocycles. The fourth-order valence-electron chi connectivity index (χ4n) is 6.15. The molecule has 4 saturated carbocycles. The number of methoxy groups -OCH3 is 2. The Bertz CT molecular complexity index is 938. The van der Waals surface area contributed by atoms with E-state index in [1.54, 1.807) is 25.1 Å². The molecule has 3 N–H and O–H groups in total. The SMILES string of the molecule is COc1ccc(NC(=O)C(=O)N/N=C(/C)CC(=O)NC23CC4CC(CC(C4)C2)C3)c(OC)c1. The molecule has 9 nitrogen and oxygen atoms in total. The summed E-state index contributed by atoms with van der Waals surface area (Å²) in [4.78, 5) is 37.1. The van der Waals surface area contributed by atoms with Gasteiger partial charge in [0.2, 0.25) is 5.91 Å². The lowest BCUT2D eigenvalue weighted by molar-refractivity contribution is -0.136. The molecule has 0 spiro atoms. The van der Waals surface area contributed by atoms with Gasteiger partial charge in [0.25, 0.3) is 0 Å². The van der Waals surface area contributed by atoms with Crippen LogP contribution in [0.15, 0.2) is 23.3 Å². The summed E-state index contributed by atoms with van der Waals surface area (Å²) in [5.41, 5.74) is 2.91. The predicted molar refractivity (Wildman–Crippen MR) is 123 cm³/mol. The molecular weight excluding hydrogens is 424 g/mol. The van der Waals surface area contributed by atoms with Gasteiger partial charge in [-0.3, -0.25) is 14.4 Å². The number of hydrogen-bond acceptors (Lipinski definition) is 6. The minimum atomic E-state index is -0.936. The fourth-order valence-corrected chi connectivity index (χ4v) is 6.15. The molecule has 5 rings (SSSR count). The van der Waals surface area contributed by atoms with E-state index in [4.69, 9.17) is 9.47 Å². The van der Waals surface area contributed by atoms with E-state index < -0.39 is 11.8 Å². The van der Waals surface area contributed by atoms with Gasteiger partial charge >= 0.3 is 11.8 Å². The standard InChI is InChI=1S/C24H32N4O5/c1-14(6-21(29)26-24-11-15-7-16(12-24)9-17(8-15)13-24)27-28-23(31)22(30)25-19-5-4-18(32-2)10-20(19)33-3/h4-5,10,15-17H,6-9,11-13H2,1-3H3,(H,25,30)(H,26,29)(H,28,31)/b27-14-. The van der Waals surface area contributed by atoms with Gasteiger partial charge in [-0.1, -0.05) is 0 Å². The van der Waals surface area contributed by atoms with Crippen molar-refractivity contribution >= 4 is 29.1 Å². The number of rotatable bonds is 7. The van der Waals surface area contributed by atoms with Crippen molar-refractivity contribution in [2.45, 2.75) is 57.4 Å². The minimum Gasteiger partial charge on any atom is -0.497 e. The first-order chi connectivity index (χ1) is 15.8. The van der Waals surface area contributed by atoms with E-state index in [0.717, 1.165) is 37.0 Å². The number of nitrogens with zero attached hydrogens (tertiary/aromatic N) is 1. The van der Waals surface area contributed by atoms with E-state index in [-0.39, 0.29) is 17.9 Å². The van der Waals surface area contributed by atoms with Crippen molar-refractivity contribution in [2.75, 3.05) is 19.5 Å². The minimum absolute atomic E-state index is 0.0628. The van der Waals surface area contributed by atoms with Crippen LogP contribution in [0.2, 0.25) is 0 Å². The summed E-state index contributed by atoms with van der Waals surface area (Å²) in [6.07, 6.45) is 7.24. The van der Waals surface area contributed by atoms with Crippen molar-refractivity contribution in [3.8, 4) is 11.5 Å². The van der Waals surface area contributed by atoms with Gasteiger partial charge in [-0.25, -0.2) is 5.43 Å². The second kappa shape index (κ2) is 9.41. The van der Waals surface area contributed by atoms with Gasteiger partial charge in [0.1, 0.15) is 11.5 Å². The van der Waals surface area contributed by atoms with Crippen LogP contribution in [0.1, 0.15) is 51.9 Å². The number of carbonyl (C=O) groups is 3. The zero-order valence-corrected chi connectivity index (χ0v) is 19.4. The van der Waals surface area contributed by atoms with Gasteiger partial charge in [0.05, 0.1) is 26.3 Å². The summed E-state index contributed by atoms with van der Waals surface area (Å²) in [7, 11) is 2.97. The molecule has 1 aromatic carbocycles. The molecule has 4 aliphatic rings. The summed E-state index contributed by atoms with van der Waals surface area (Å²) in [5.74, 6) is 1.23. The van der Waals surface area contributed by atoms with Gasteiger partial charge < -0.3 is 20.1 Å². The zero-order valence-electron chi connectivity index (χ0n) is 19.4.